The number of carbonyl (C=O) groups is 1. The van der Waals surface area contributed by atoms with E-state index in [1.807, 2.05) is 11.8 Å². The number of ether oxygens (including phenoxy) is 1. The van der Waals surface area contributed by atoms with E-state index in [-0.39, 0.29) is 18.6 Å². The number of aryl methyl sites for hydroxylation is 1. The van der Waals surface area contributed by atoms with Crippen molar-refractivity contribution in [2.45, 2.75) is 44.2 Å². The SMILES string of the molecule is Cc1nc([C@H]2CN(CC(=O)NC3(C#N)CCCC3)CCO2)n[nH]1. The first-order chi connectivity index (χ1) is 11.1. The van der Waals surface area contributed by atoms with Crippen molar-refractivity contribution in [2.75, 3.05) is 26.2 Å². The topological polar surface area (TPSA) is 107 Å². The monoisotopic (exact) mass is 318 g/mol. The van der Waals surface area contributed by atoms with Gasteiger partial charge in [0.05, 0.1) is 19.2 Å². The van der Waals surface area contributed by atoms with Crippen molar-refractivity contribution in [2.24, 2.45) is 0 Å². The zero-order valence-electron chi connectivity index (χ0n) is 13.3. The van der Waals surface area contributed by atoms with Crippen LogP contribution in [-0.2, 0) is 9.53 Å². The molecule has 0 aromatic carbocycles. The van der Waals surface area contributed by atoms with Crippen LogP contribution in [0, 0.1) is 18.3 Å². The van der Waals surface area contributed by atoms with E-state index in [1.54, 1.807) is 0 Å². The Balaban J connectivity index is 1.55. The normalized spacial score (nSPS) is 24.3. The second-order valence-electron chi connectivity index (χ2n) is 6.32. The summed E-state index contributed by atoms with van der Waals surface area (Å²) in [5.74, 6) is 1.27. The maximum Gasteiger partial charge on any atom is 0.235 e. The Morgan fingerprint density at radius 1 is 1.57 bits per heavy atom. The molecule has 0 unspecified atom stereocenters. The average Bonchev–Trinajstić information content (AvgIpc) is 3.17. The number of aromatic nitrogens is 3. The van der Waals surface area contributed by atoms with E-state index in [2.05, 4.69) is 26.6 Å². The van der Waals surface area contributed by atoms with Gasteiger partial charge in [-0.1, -0.05) is 0 Å². The highest BCUT2D eigenvalue weighted by molar-refractivity contribution is 5.79. The van der Waals surface area contributed by atoms with Crippen LogP contribution >= 0.6 is 0 Å². The Bertz CT molecular complexity index is 601. The summed E-state index contributed by atoms with van der Waals surface area (Å²) in [4.78, 5) is 18.6. The van der Waals surface area contributed by atoms with Crippen molar-refractivity contribution in [3.05, 3.63) is 11.6 Å². The van der Waals surface area contributed by atoms with Crippen molar-refractivity contribution < 1.29 is 9.53 Å². The van der Waals surface area contributed by atoms with E-state index < -0.39 is 5.54 Å². The molecule has 1 aromatic rings. The summed E-state index contributed by atoms with van der Waals surface area (Å²) in [6, 6.07) is 2.28. The minimum Gasteiger partial charge on any atom is -0.367 e. The third-order valence-corrected chi connectivity index (χ3v) is 4.47. The number of nitrogens with one attached hydrogen (secondary N) is 2. The number of morpholine rings is 1. The minimum absolute atomic E-state index is 0.0970. The molecule has 1 amide bonds. The van der Waals surface area contributed by atoms with Gasteiger partial charge in [0.1, 0.15) is 17.5 Å². The first-order valence-electron chi connectivity index (χ1n) is 8.05. The zero-order valence-corrected chi connectivity index (χ0v) is 13.3. The molecule has 0 radical (unpaired) electrons. The summed E-state index contributed by atoms with van der Waals surface area (Å²) in [6.45, 7) is 3.91. The quantitative estimate of drug-likeness (QED) is 0.834. The molecule has 1 saturated heterocycles. The predicted molar refractivity (Wildman–Crippen MR) is 81.2 cm³/mol. The molecule has 3 rings (SSSR count). The van der Waals surface area contributed by atoms with Gasteiger partial charge in [-0.05, 0) is 32.6 Å². The van der Waals surface area contributed by atoms with Gasteiger partial charge in [0.25, 0.3) is 0 Å². The molecule has 0 spiro atoms. The van der Waals surface area contributed by atoms with Gasteiger partial charge in [0.15, 0.2) is 5.82 Å². The maximum absolute atomic E-state index is 12.3. The Morgan fingerprint density at radius 3 is 3.00 bits per heavy atom. The molecule has 2 fully saturated rings. The molecule has 2 heterocycles. The van der Waals surface area contributed by atoms with Crippen LogP contribution in [0.1, 0.15) is 43.4 Å². The second-order valence-corrected chi connectivity index (χ2v) is 6.32. The molecule has 1 aromatic heterocycles. The number of carbonyl (C=O) groups excluding carboxylic acids is 1. The molecule has 0 bridgehead atoms. The van der Waals surface area contributed by atoms with Crippen molar-refractivity contribution in [1.82, 2.24) is 25.4 Å². The van der Waals surface area contributed by atoms with Gasteiger partial charge in [0.2, 0.25) is 5.91 Å². The molecule has 1 aliphatic carbocycles. The third kappa shape index (κ3) is 3.68. The molecule has 8 heteroatoms. The highest BCUT2D eigenvalue weighted by Crippen LogP contribution is 2.28. The van der Waals surface area contributed by atoms with E-state index in [1.165, 1.54) is 0 Å². The molecular formula is C15H22N6O2. The van der Waals surface area contributed by atoms with Crippen molar-refractivity contribution in [1.29, 1.82) is 5.26 Å². The summed E-state index contributed by atoms with van der Waals surface area (Å²) in [6.07, 6.45) is 3.27. The van der Waals surface area contributed by atoms with Crippen LogP contribution in [0.15, 0.2) is 0 Å². The predicted octanol–water partition coefficient (Wildman–Crippen LogP) is 0.439. The van der Waals surface area contributed by atoms with Crippen LogP contribution in [-0.4, -0.2) is 57.8 Å². The number of hydrogen-bond acceptors (Lipinski definition) is 6. The van der Waals surface area contributed by atoms with Gasteiger partial charge in [0, 0.05) is 13.1 Å². The van der Waals surface area contributed by atoms with E-state index in [0.717, 1.165) is 31.5 Å². The van der Waals surface area contributed by atoms with Crippen molar-refractivity contribution in [3.63, 3.8) is 0 Å². The standard InChI is InChI=1S/C15H22N6O2/c1-11-17-14(20-19-11)12-8-21(6-7-23-12)9-13(22)18-15(10-16)4-2-3-5-15/h12H,2-9H2,1H3,(H,18,22)(H,17,19,20)/t12-/m1/s1. The molecule has 2 N–H and O–H groups in total. The first-order valence-corrected chi connectivity index (χ1v) is 8.05. The Hall–Kier alpha value is -1.98. The van der Waals surface area contributed by atoms with Crippen LogP contribution in [0.4, 0.5) is 0 Å². The summed E-state index contributed by atoms with van der Waals surface area (Å²) in [5, 5.41) is 19.2. The lowest BCUT2D eigenvalue weighted by Crippen LogP contribution is -2.51. The summed E-state index contributed by atoms with van der Waals surface area (Å²) in [5.41, 5.74) is -0.663. The lowest BCUT2D eigenvalue weighted by Gasteiger charge is -2.32. The van der Waals surface area contributed by atoms with Crippen molar-refractivity contribution >= 4 is 5.91 Å². The number of nitrogens with zero attached hydrogens (tertiary/aromatic N) is 4. The van der Waals surface area contributed by atoms with Gasteiger partial charge < -0.3 is 10.1 Å². The van der Waals surface area contributed by atoms with Gasteiger partial charge in [-0.15, -0.1) is 0 Å². The van der Waals surface area contributed by atoms with E-state index >= 15 is 0 Å². The first kappa shape index (κ1) is 15.9. The second kappa shape index (κ2) is 6.64. The maximum atomic E-state index is 12.3. The highest BCUT2D eigenvalue weighted by atomic mass is 16.5. The van der Waals surface area contributed by atoms with E-state index in [4.69, 9.17) is 4.74 Å². The molecule has 1 saturated carbocycles. The average molecular weight is 318 g/mol. The number of amides is 1. The largest absolute Gasteiger partial charge is 0.367 e. The molecule has 1 atom stereocenters. The Kier molecular flexibility index (Phi) is 4.59. The van der Waals surface area contributed by atoms with Gasteiger partial charge in [-0.25, -0.2) is 4.98 Å². The third-order valence-electron chi connectivity index (χ3n) is 4.47. The lowest BCUT2D eigenvalue weighted by atomic mass is 10.00. The molecule has 8 nitrogen and oxygen atoms in total. The molecule has 124 valence electrons. The smallest absolute Gasteiger partial charge is 0.235 e. The number of nitriles is 1. The van der Waals surface area contributed by atoms with Gasteiger partial charge >= 0.3 is 0 Å². The molecular weight excluding hydrogens is 296 g/mol. The van der Waals surface area contributed by atoms with Crippen LogP contribution in [0.25, 0.3) is 0 Å². The number of rotatable bonds is 4. The fraction of sp³-hybridized carbons (Fsp3) is 0.733. The lowest BCUT2D eigenvalue weighted by molar-refractivity contribution is -0.125. The Morgan fingerprint density at radius 2 is 2.35 bits per heavy atom. The van der Waals surface area contributed by atoms with E-state index in [9.17, 15) is 10.1 Å². The van der Waals surface area contributed by atoms with Crippen LogP contribution in [0.5, 0.6) is 0 Å². The van der Waals surface area contributed by atoms with Crippen LogP contribution in [0.3, 0.4) is 0 Å². The van der Waals surface area contributed by atoms with Gasteiger partial charge in [-0.2, -0.15) is 10.4 Å². The zero-order chi connectivity index (χ0) is 16.3. The summed E-state index contributed by atoms with van der Waals surface area (Å²) >= 11 is 0. The van der Waals surface area contributed by atoms with Crippen LogP contribution < -0.4 is 5.32 Å². The van der Waals surface area contributed by atoms with E-state index in [0.29, 0.717) is 25.5 Å². The fourth-order valence-corrected chi connectivity index (χ4v) is 3.26. The number of hydrogen-bond donors (Lipinski definition) is 2. The van der Waals surface area contributed by atoms with Crippen molar-refractivity contribution in [3.8, 4) is 6.07 Å². The number of H-pyrrole nitrogens is 1. The molecule has 23 heavy (non-hydrogen) atoms. The van der Waals surface area contributed by atoms with Crippen LogP contribution in [0.2, 0.25) is 0 Å². The molecule has 2 aliphatic rings. The summed E-state index contributed by atoms with van der Waals surface area (Å²) in [7, 11) is 0. The summed E-state index contributed by atoms with van der Waals surface area (Å²) < 4.78 is 5.69. The molecule has 1 aliphatic heterocycles. The highest BCUT2D eigenvalue weighted by Gasteiger charge is 2.36. The Labute approximate surface area is 135 Å². The number of aromatic amines is 1. The fourth-order valence-electron chi connectivity index (χ4n) is 3.26. The minimum atomic E-state index is -0.663. The van der Waals surface area contributed by atoms with Gasteiger partial charge in [-0.3, -0.25) is 14.8 Å².